The fraction of sp³-hybridized carbons (Fsp3) is 0.235. The van der Waals surface area contributed by atoms with Crippen molar-refractivity contribution < 1.29 is 9.15 Å². The molecule has 136 valence electrons. The van der Waals surface area contributed by atoms with Crippen LogP contribution in [-0.4, -0.2) is 26.8 Å². The Labute approximate surface area is 165 Å². The minimum Gasteiger partial charge on any atom is -0.486 e. The topological polar surface area (TPSA) is 65.4 Å². The molecule has 26 heavy (non-hydrogen) atoms. The van der Waals surface area contributed by atoms with Crippen LogP contribution in [0, 0.1) is 6.92 Å². The second-order valence-electron chi connectivity index (χ2n) is 5.19. The summed E-state index contributed by atoms with van der Waals surface area (Å²) in [6.07, 6.45) is 1.62. The maximum atomic E-state index is 5.97. The number of hydrogen-bond donors (Lipinski definition) is 0. The number of aryl methyl sites for hydroxylation is 1. The van der Waals surface area contributed by atoms with Crippen LogP contribution in [0.4, 0.5) is 0 Å². The zero-order chi connectivity index (χ0) is 18.5. The Bertz CT molecular complexity index is 923. The van der Waals surface area contributed by atoms with Gasteiger partial charge in [0.2, 0.25) is 5.16 Å². The average molecular weight is 411 g/mol. The Morgan fingerprint density at radius 3 is 2.85 bits per heavy atom. The molecule has 6 nitrogen and oxygen atoms in total. The number of hydrogen-bond acceptors (Lipinski definition) is 6. The number of furan rings is 1. The first kappa shape index (κ1) is 18.8. The van der Waals surface area contributed by atoms with Gasteiger partial charge in [-0.3, -0.25) is 0 Å². The van der Waals surface area contributed by atoms with E-state index in [0.717, 1.165) is 10.9 Å². The van der Waals surface area contributed by atoms with E-state index in [0.29, 0.717) is 33.1 Å². The predicted molar refractivity (Wildman–Crippen MR) is 104 cm³/mol. The van der Waals surface area contributed by atoms with Crippen LogP contribution in [0.5, 0.6) is 5.75 Å². The third-order valence-corrected chi connectivity index (χ3v) is 4.84. The zero-order valence-corrected chi connectivity index (χ0v) is 16.5. The first-order chi connectivity index (χ1) is 12.6. The van der Waals surface area contributed by atoms with E-state index in [1.807, 2.05) is 19.1 Å². The van der Waals surface area contributed by atoms with E-state index in [1.165, 1.54) is 0 Å². The first-order valence-electron chi connectivity index (χ1n) is 7.82. The van der Waals surface area contributed by atoms with Gasteiger partial charge in [-0.1, -0.05) is 41.9 Å². The summed E-state index contributed by atoms with van der Waals surface area (Å²) in [5.74, 6) is 3.50. The smallest absolute Gasteiger partial charge is 0.212 e. The summed E-state index contributed by atoms with van der Waals surface area (Å²) in [6, 6.07) is 8.76. The van der Waals surface area contributed by atoms with Crippen LogP contribution >= 0.6 is 35.0 Å². The molecule has 0 saturated carbocycles. The van der Waals surface area contributed by atoms with E-state index in [2.05, 4.69) is 22.2 Å². The summed E-state index contributed by atoms with van der Waals surface area (Å²) in [7, 11) is 0. The Balaban J connectivity index is 1.64. The van der Waals surface area contributed by atoms with Crippen LogP contribution in [0.25, 0.3) is 0 Å². The van der Waals surface area contributed by atoms with Crippen molar-refractivity contribution in [3.8, 4) is 5.75 Å². The third kappa shape index (κ3) is 4.60. The van der Waals surface area contributed by atoms with Crippen molar-refractivity contribution in [3.05, 3.63) is 57.7 Å². The van der Waals surface area contributed by atoms with Gasteiger partial charge in [0, 0.05) is 6.07 Å². The molecule has 9 heteroatoms. The van der Waals surface area contributed by atoms with Gasteiger partial charge in [0.25, 0.3) is 0 Å². The minimum absolute atomic E-state index is 0.272. The van der Waals surface area contributed by atoms with Crippen molar-refractivity contribution in [1.82, 2.24) is 14.9 Å². The summed E-state index contributed by atoms with van der Waals surface area (Å²) < 4.78 is 13.0. The molecule has 0 atom stereocenters. The largest absolute Gasteiger partial charge is 0.486 e. The van der Waals surface area contributed by atoms with Gasteiger partial charge >= 0.3 is 0 Å². The first-order valence-corrected chi connectivity index (χ1v) is 9.56. The van der Waals surface area contributed by atoms with Crippen LogP contribution in [0.1, 0.15) is 24.3 Å². The molecule has 0 N–H and O–H groups in total. The highest BCUT2D eigenvalue weighted by molar-refractivity contribution is 7.99. The predicted octanol–water partition coefficient (Wildman–Crippen LogP) is 5.06. The van der Waals surface area contributed by atoms with Gasteiger partial charge in [-0.15, -0.1) is 10.2 Å². The SMILES string of the molecule is CCSc1nnc(C)n1/N=C/c1ccc(COc2ccc(Cl)c(Cl)c2)o1. The number of aromatic nitrogens is 3. The van der Waals surface area contributed by atoms with E-state index >= 15 is 0 Å². The van der Waals surface area contributed by atoms with E-state index in [-0.39, 0.29) is 6.61 Å². The van der Waals surface area contributed by atoms with Gasteiger partial charge in [0.15, 0.2) is 5.82 Å². The van der Waals surface area contributed by atoms with Crippen LogP contribution in [0.2, 0.25) is 10.0 Å². The second-order valence-corrected chi connectivity index (χ2v) is 7.23. The van der Waals surface area contributed by atoms with Crippen molar-refractivity contribution in [1.29, 1.82) is 0 Å². The van der Waals surface area contributed by atoms with E-state index in [4.69, 9.17) is 32.4 Å². The molecule has 0 fully saturated rings. The van der Waals surface area contributed by atoms with Crippen LogP contribution in [0.3, 0.4) is 0 Å². The number of rotatable bonds is 7. The molecule has 0 bridgehead atoms. The summed E-state index contributed by atoms with van der Waals surface area (Å²) in [5, 5.41) is 14.2. The lowest BCUT2D eigenvalue weighted by molar-refractivity contribution is 0.270. The maximum absolute atomic E-state index is 5.97. The standard InChI is InChI=1S/C17H16Cl2N4O2S/c1-3-26-17-22-21-11(2)23(17)20-9-13-4-5-14(25-13)10-24-12-6-7-15(18)16(19)8-12/h4-9H,3,10H2,1-2H3/b20-9+. The van der Waals surface area contributed by atoms with Gasteiger partial charge in [0.1, 0.15) is 23.9 Å². The summed E-state index contributed by atoms with van der Waals surface area (Å²) in [5.41, 5.74) is 0. The Kier molecular flexibility index (Phi) is 6.24. The molecule has 3 aromatic rings. The monoisotopic (exact) mass is 410 g/mol. The lowest BCUT2D eigenvalue weighted by Gasteiger charge is -2.05. The van der Waals surface area contributed by atoms with Crippen molar-refractivity contribution in [2.24, 2.45) is 5.10 Å². The molecular weight excluding hydrogens is 395 g/mol. The molecular formula is C17H16Cl2N4O2S. The molecule has 0 saturated heterocycles. The normalized spacial score (nSPS) is 11.4. The number of nitrogens with zero attached hydrogens (tertiary/aromatic N) is 4. The fourth-order valence-electron chi connectivity index (χ4n) is 2.07. The minimum atomic E-state index is 0.272. The highest BCUT2D eigenvalue weighted by Gasteiger charge is 2.08. The summed E-state index contributed by atoms with van der Waals surface area (Å²) in [4.78, 5) is 0. The van der Waals surface area contributed by atoms with Crippen LogP contribution < -0.4 is 4.74 Å². The zero-order valence-electron chi connectivity index (χ0n) is 14.1. The highest BCUT2D eigenvalue weighted by atomic mass is 35.5. The fourth-order valence-corrected chi connectivity index (χ4v) is 3.01. The van der Waals surface area contributed by atoms with Gasteiger partial charge < -0.3 is 9.15 Å². The molecule has 0 aliphatic rings. The van der Waals surface area contributed by atoms with E-state index in [1.54, 1.807) is 40.9 Å². The van der Waals surface area contributed by atoms with Crippen molar-refractivity contribution >= 4 is 41.2 Å². The lowest BCUT2D eigenvalue weighted by Crippen LogP contribution is -1.96. The maximum Gasteiger partial charge on any atom is 0.212 e. The summed E-state index contributed by atoms with van der Waals surface area (Å²) >= 11 is 13.4. The van der Waals surface area contributed by atoms with Gasteiger partial charge in [0.05, 0.1) is 16.3 Å². The third-order valence-electron chi connectivity index (χ3n) is 3.30. The number of ether oxygens (including phenoxy) is 1. The average Bonchev–Trinajstić information content (AvgIpc) is 3.21. The Hall–Kier alpha value is -1.96. The van der Waals surface area contributed by atoms with Gasteiger partial charge in [-0.05, 0) is 36.9 Å². The molecule has 1 aromatic carbocycles. The number of thioether (sulfide) groups is 1. The molecule has 0 aliphatic carbocycles. The van der Waals surface area contributed by atoms with Gasteiger partial charge in [-0.2, -0.15) is 9.78 Å². The lowest BCUT2D eigenvalue weighted by atomic mass is 10.3. The second kappa shape index (κ2) is 8.62. The quantitative estimate of drug-likeness (QED) is 0.402. The number of benzene rings is 1. The number of halogens is 2. The molecule has 0 spiro atoms. The van der Waals surface area contributed by atoms with Crippen molar-refractivity contribution in [2.75, 3.05) is 5.75 Å². The van der Waals surface area contributed by atoms with Crippen LogP contribution in [0.15, 0.2) is 45.0 Å². The van der Waals surface area contributed by atoms with E-state index in [9.17, 15) is 0 Å². The molecule has 2 heterocycles. The molecule has 2 aromatic heterocycles. The van der Waals surface area contributed by atoms with Crippen LogP contribution in [-0.2, 0) is 6.61 Å². The molecule has 3 rings (SSSR count). The van der Waals surface area contributed by atoms with Gasteiger partial charge in [-0.25, -0.2) is 0 Å². The summed E-state index contributed by atoms with van der Waals surface area (Å²) in [6.45, 7) is 4.17. The van der Waals surface area contributed by atoms with Crippen molar-refractivity contribution in [2.45, 2.75) is 25.6 Å². The van der Waals surface area contributed by atoms with Crippen molar-refractivity contribution in [3.63, 3.8) is 0 Å². The Morgan fingerprint density at radius 1 is 1.23 bits per heavy atom. The highest BCUT2D eigenvalue weighted by Crippen LogP contribution is 2.26. The molecule has 0 radical (unpaired) electrons. The van der Waals surface area contributed by atoms with E-state index < -0.39 is 0 Å². The Morgan fingerprint density at radius 2 is 2.08 bits per heavy atom. The molecule has 0 amide bonds. The molecule has 0 aliphatic heterocycles. The molecule has 0 unspecified atom stereocenters.